The van der Waals surface area contributed by atoms with Crippen LogP contribution in [0.5, 0.6) is 6.01 Å². The van der Waals surface area contributed by atoms with Gasteiger partial charge < -0.3 is 19.5 Å². The molecule has 1 amide bonds. The van der Waals surface area contributed by atoms with Crippen molar-refractivity contribution < 1.29 is 19.4 Å². The Labute approximate surface area is 116 Å². The third-order valence-corrected chi connectivity index (χ3v) is 4.22. The van der Waals surface area contributed by atoms with Crippen LogP contribution in [0.25, 0.3) is 0 Å². The van der Waals surface area contributed by atoms with Gasteiger partial charge in [0.2, 0.25) is 5.82 Å². The van der Waals surface area contributed by atoms with E-state index in [9.17, 15) is 9.90 Å². The summed E-state index contributed by atoms with van der Waals surface area (Å²) in [6.07, 6.45) is 0. The summed E-state index contributed by atoms with van der Waals surface area (Å²) in [6, 6.07) is 0.299. The number of amides is 1. The maximum Gasteiger partial charge on any atom is 0.314 e. The number of likely N-dealkylation sites (tertiary alicyclic amines) is 1. The van der Waals surface area contributed by atoms with Crippen molar-refractivity contribution in [1.82, 2.24) is 19.7 Å². The van der Waals surface area contributed by atoms with E-state index in [1.165, 1.54) is 11.8 Å². The van der Waals surface area contributed by atoms with E-state index >= 15 is 0 Å². The molecule has 1 aromatic rings. The summed E-state index contributed by atoms with van der Waals surface area (Å²) in [5.74, 6) is 0.0755. The molecular weight excluding hydrogens is 264 g/mol. The Morgan fingerprint density at radius 1 is 1.65 bits per heavy atom. The van der Waals surface area contributed by atoms with E-state index in [2.05, 4.69) is 10.1 Å². The van der Waals surface area contributed by atoms with E-state index in [1.807, 2.05) is 0 Å². The van der Waals surface area contributed by atoms with E-state index in [0.717, 1.165) is 0 Å². The van der Waals surface area contributed by atoms with Gasteiger partial charge in [-0.25, -0.2) is 4.68 Å². The number of hydrogen-bond donors (Lipinski definition) is 1. The molecule has 1 N–H and O–H groups in total. The largest absolute Gasteiger partial charge is 0.467 e. The molecular formula is C12H18N4O4. The van der Waals surface area contributed by atoms with Gasteiger partial charge in [-0.2, -0.15) is 4.98 Å². The zero-order chi connectivity index (χ0) is 14.3. The number of hydrogen-bond acceptors (Lipinski definition) is 6. The Kier molecular flexibility index (Phi) is 3.14. The Morgan fingerprint density at radius 2 is 2.45 bits per heavy atom. The minimum Gasteiger partial charge on any atom is -0.467 e. The van der Waals surface area contributed by atoms with Crippen LogP contribution in [0, 0.1) is 11.3 Å². The highest BCUT2D eigenvalue weighted by atomic mass is 16.5. The highest BCUT2D eigenvalue weighted by Crippen LogP contribution is 2.41. The second-order valence-corrected chi connectivity index (χ2v) is 5.46. The Hall–Kier alpha value is -1.67. The van der Waals surface area contributed by atoms with Crippen LogP contribution in [-0.2, 0) is 11.8 Å². The van der Waals surface area contributed by atoms with E-state index in [-0.39, 0.29) is 29.7 Å². The number of aromatic nitrogens is 3. The number of aryl methyl sites for hydroxylation is 1. The van der Waals surface area contributed by atoms with Crippen LogP contribution in [0.3, 0.4) is 0 Å². The minimum absolute atomic E-state index is 0.0282. The molecule has 0 aromatic carbocycles. The molecule has 2 fully saturated rings. The molecule has 8 nitrogen and oxygen atoms in total. The number of ether oxygens (including phenoxy) is 2. The van der Waals surface area contributed by atoms with Gasteiger partial charge in [0.05, 0.1) is 26.9 Å². The van der Waals surface area contributed by atoms with Crippen LogP contribution in [0.4, 0.5) is 0 Å². The summed E-state index contributed by atoms with van der Waals surface area (Å²) in [7, 11) is 3.15. The van der Waals surface area contributed by atoms with Gasteiger partial charge in [-0.15, -0.1) is 5.10 Å². The Balaban J connectivity index is 1.79. The van der Waals surface area contributed by atoms with Crippen LogP contribution in [-0.4, -0.2) is 70.7 Å². The van der Waals surface area contributed by atoms with Gasteiger partial charge in [-0.3, -0.25) is 4.79 Å². The molecule has 3 rings (SSSR count). The molecule has 1 aromatic heterocycles. The summed E-state index contributed by atoms with van der Waals surface area (Å²) >= 11 is 0. The number of carbonyl (C=O) groups excluding carboxylic acids is 1. The Bertz CT molecular complexity index is 532. The van der Waals surface area contributed by atoms with Crippen molar-refractivity contribution in [3.8, 4) is 6.01 Å². The smallest absolute Gasteiger partial charge is 0.314 e. The number of methoxy groups -OCH3 is 1. The van der Waals surface area contributed by atoms with Crippen LogP contribution >= 0.6 is 0 Å². The number of carbonyl (C=O) groups is 1. The molecule has 0 aliphatic carbocycles. The van der Waals surface area contributed by atoms with Crippen molar-refractivity contribution in [2.45, 2.75) is 0 Å². The lowest BCUT2D eigenvalue weighted by atomic mass is 9.82. The van der Waals surface area contributed by atoms with Crippen molar-refractivity contribution in [2.75, 3.05) is 40.0 Å². The van der Waals surface area contributed by atoms with Gasteiger partial charge in [0.1, 0.15) is 0 Å². The topological polar surface area (TPSA) is 89.7 Å². The first-order valence-electron chi connectivity index (χ1n) is 6.52. The van der Waals surface area contributed by atoms with Crippen LogP contribution in [0.2, 0.25) is 0 Å². The number of aliphatic hydroxyl groups excluding tert-OH is 1. The lowest BCUT2D eigenvalue weighted by Crippen LogP contribution is -2.36. The summed E-state index contributed by atoms with van der Waals surface area (Å²) in [5.41, 5.74) is -0.325. The average Bonchev–Trinajstić information content (AvgIpc) is 3.08. The fraction of sp³-hybridized carbons (Fsp3) is 0.750. The summed E-state index contributed by atoms with van der Waals surface area (Å²) in [4.78, 5) is 18.2. The second-order valence-electron chi connectivity index (χ2n) is 5.46. The van der Waals surface area contributed by atoms with Gasteiger partial charge in [-0.1, -0.05) is 0 Å². The third-order valence-electron chi connectivity index (χ3n) is 4.22. The van der Waals surface area contributed by atoms with Crippen LogP contribution in [0.15, 0.2) is 0 Å². The fourth-order valence-corrected chi connectivity index (χ4v) is 2.99. The molecule has 0 bridgehead atoms. The number of aliphatic hydroxyl groups is 1. The van der Waals surface area contributed by atoms with Gasteiger partial charge in [0.25, 0.3) is 5.91 Å². The molecule has 8 heteroatoms. The molecule has 2 aliphatic rings. The summed E-state index contributed by atoms with van der Waals surface area (Å²) < 4.78 is 11.9. The molecule has 20 heavy (non-hydrogen) atoms. The molecule has 3 heterocycles. The number of fused-ring (bicyclic) bond motifs is 1. The maximum absolute atomic E-state index is 12.4. The monoisotopic (exact) mass is 282 g/mol. The Morgan fingerprint density at radius 3 is 3.05 bits per heavy atom. The number of nitrogens with zero attached hydrogens (tertiary/aromatic N) is 4. The molecule has 110 valence electrons. The minimum atomic E-state index is -0.325. The van der Waals surface area contributed by atoms with Crippen molar-refractivity contribution in [1.29, 1.82) is 0 Å². The first-order chi connectivity index (χ1) is 9.59. The highest BCUT2D eigenvalue weighted by molar-refractivity contribution is 5.90. The first kappa shape index (κ1) is 13.3. The summed E-state index contributed by atoms with van der Waals surface area (Å²) in [6.45, 7) is 2.16. The highest BCUT2D eigenvalue weighted by Gasteiger charge is 2.51. The van der Waals surface area contributed by atoms with Crippen LogP contribution < -0.4 is 4.74 Å². The van der Waals surface area contributed by atoms with E-state index in [1.54, 1.807) is 11.9 Å². The quantitative estimate of drug-likeness (QED) is 0.757. The van der Waals surface area contributed by atoms with Crippen LogP contribution in [0.1, 0.15) is 10.6 Å². The summed E-state index contributed by atoms with van der Waals surface area (Å²) in [5, 5.41) is 13.7. The fourth-order valence-electron chi connectivity index (χ4n) is 2.99. The molecule has 2 saturated heterocycles. The molecule has 2 atom stereocenters. The molecule has 0 radical (unpaired) electrons. The van der Waals surface area contributed by atoms with Gasteiger partial charge in [-0.05, 0) is 0 Å². The van der Waals surface area contributed by atoms with Gasteiger partial charge in [0.15, 0.2) is 0 Å². The molecule has 2 aliphatic heterocycles. The maximum atomic E-state index is 12.4. The van der Waals surface area contributed by atoms with E-state index < -0.39 is 0 Å². The molecule has 0 spiro atoms. The zero-order valence-corrected chi connectivity index (χ0v) is 11.6. The third kappa shape index (κ3) is 1.87. The normalized spacial score (nSPS) is 28.8. The van der Waals surface area contributed by atoms with E-state index in [0.29, 0.717) is 32.3 Å². The predicted octanol–water partition coefficient (Wildman–Crippen LogP) is -1.10. The lowest BCUT2D eigenvalue weighted by molar-refractivity contribution is 0.0621. The first-order valence-corrected chi connectivity index (χ1v) is 6.52. The van der Waals surface area contributed by atoms with E-state index in [4.69, 9.17) is 9.47 Å². The van der Waals surface area contributed by atoms with Crippen molar-refractivity contribution in [2.24, 2.45) is 18.4 Å². The van der Waals surface area contributed by atoms with Crippen molar-refractivity contribution >= 4 is 5.91 Å². The SMILES string of the molecule is COc1nc(C(=O)N2C[C@H]3COC[C@@]3(CO)C2)nn1C. The molecule has 0 unspecified atom stereocenters. The lowest BCUT2D eigenvalue weighted by Gasteiger charge is -2.23. The number of rotatable bonds is 3. The second kappa shape index (κ2) is 4.71. The van der Waals surface area contributed by atoms with Gasteiger partial charge >= 0.3 is 6.01 Å². The molecule has 0 saturated carbocycles. The zero-order valence-electron chi connectivity index (χ0n) is 11.6. The standard InChI is InChI=1S/C12H18N4O4/c1-15-11(19-2)13-9(14-15)10(18)16-3-8-4-20-7-12(8,5-16)6-17/h8,17H,3-7H2,1-2H3/t8-,12-/m0/s1. The van der Waals surface area contributed by atoms with Crippen molar-refractivity contribution in [3.63, 3.8) is 0 Å². The predicted molar refractivity (Wildman–Crippen MR) is 67.3 cm³/mol. The average molecular weight is 282 g/mol. The van der Waals surface area contributed by atoms with Crippen molar-refractivity contribution in [3.05, 3.63) is 5.82 Å². The van der Waals surface area contributed by atoms with Gasteiger partial charge in [0, 0.05) is 31.5 Å².